The number of aliphatic hydroxyl groups excluding tert-OH is 4. The van der Waals surface area contributed by atoms with Crippen LogP contribution >= 0.6 is 11.8 Å². The second kappa shape index (κ2) is 18.8. The van der Waals surface area contributed by atoms with Crippen LogP contribution < -0.4 is 9.47 Å². The summed E-state index contributed by atoms with van der Waals surface area (Å²) in [5, 5.41) is 38.7. The molecule has 0 saturated heterocycles. The summed E-state index contributed by atoms with van der Waals surface area (Å²) in [6.45, 7) is 0.107. The van der Waals surface area contributed by atoms with Crippen molar-refractivity contribution in [2.24, 2.45) is 0 Å². The minimum atomic E-state index is -0.154. The number of hydrogen-bond donors (Lipinski definition) is 4. The van der Waals surface area contributed by atoms with Crippen molar-refractivity contribution in [1.82, 2.24) is 0 Å². The van der Waals surface area contributed by atoms with E-state index in [0.29, 0.717) is 23.0 Å². The molecule has 2 aliphatic carbocycles. The molecule has 8 nitrogen and oxygen atoms in total. The zero-order valence-electron chi connectivity index (χ0n) is 32.5. The Morgan fingerprint density at radius 3 is 1.14 bits per heavy atom. The predicted molar refractivity (Wildman–Crippen MR) is 231 cm³/mol. The number of aliphatic hydroxyl groups is 4. The topological polar surface area (TPSA) is 118 Å². The molecule has 9 heteroatoms. The average molecular weight is 807 g/mol. The molecule has 6 aromatic rings. The molecule has 0 saturated carbocycles. The minimum absolute atomic E-state index is 0.110. The Hall–Kier alpha value is -5.81. The summed E-state index contributed by atoms with van der Waals surface area (Å²) in [6, 6.07) is 49.5. The molecule has 2 aliphatic rings. The van der Waals surface area contributed by atoms with Crippen LogP contribution in [0.2, 0.25) is 0 Å². The van der Waals surface area contributed by atoms with E-state index in [-0.39, 0.29) is 64.7 Å². The van der Waals surface area contributed by atoms with E-state index in [0.717, 1.165) is 65.4 Å². The van der Waals surface area contributed by atoms with Gasteiger partial charge in [-0.3, -0.25) is 0 Å². The van der Waals surface area contributed by atoms with Gasteiger partial charge in [0.15, 0.2) is 0 Å². The first-order valence-electron chi connectivity index (χ1n) is 19.8. The molecule has 0 radical (unpaired) electrons. The number of ether oxygens (including phenoxy) is 4. The third-order valence-corrected chi connectivity index (χ3v) is 11.5. The van der Waals surface area contributed by atoms with Crippen LogP contribution in [0.25, 0.3) is 22.7 Å². The van der Waals surface area contributed by atoms with Gasteiger partial charge in [-0.25, -0.2) is 0 Å². The fourth-order valence-corrected chi connectivity index (χ4v) is 8.99. The molecular weight excluding hydrogens is 761 g/mol. The SMILES string of the molecule is OCCOC1=C(c2ccccc2)C(c2ccc(Sc3ccc(C4C(c5ccccc5)=C(OCCO)c5c(OCCO)cccc54)cc3)cc2)c2cccc(OCCO)c21. The van der Waals surface area contributed by atoms with Crippen molar-refractivity contribution >= 4 is 34.4 Å². The maximum Gasteiger partial charge on any atom is 0.135 e. The lowest BCUT2D eigenvalue weighted by molar-refractivity contribution is 0.179. The molecule has 0 bridgehead atoms. The predicted octanol–water partition coefficient (Wildman–Crippen LogP) is 8.63. The monoisotopic (exact) mass is 806 g/mol. The largest absolute Gasteiger partial charge is 0.490 e. The normalized spacial score (nSPS) is 15.6. The molecule has 2 atom stereocenters. The quantitative estimate of drug-likeness (QED) is 0.0678. The highest BCUT2D eigenvalue weighted by atomic mass is 32.2. The van der Waals surface area contributed by atoms with Gasteiger partial charge in [-0.05, 0) is 69.8 Å². The molecule has 0 heterocycles. The molecule has 300 valence electrons. The van der Waals surface area contributed by atoms with Crippen molar-refractivity contribution in [3.63, 3.8) is 0 Å². The zero-order valence-corrected chi connectivity index (χ0v) is 33.3. The lowest BCUT2D eigenvalue weighted by Crippen LogP contribution is -2.06. The Morgan fingerprint density at radius 1 is 0.390 bits per heavy atom. The third-order valence-electron chi connectivity index (χ3n) is 10.5. The summed E-state index contributed by atoms with van der Waals surface area (Å²) in [4.78, 5) is 2.17. The van der Waals surface area contributed by atoms with Crippen LogP contribution in [0.5, 0.6) is 11.5 Å². The Morgan fingerprint density at radius 2 is 0.763 bits per heavy atom. The summed E-state index contributed by atoms with van der Waals surface area (Å²) >= 11 is 1.69. The lowest BCUT2D eigenvalue weighted by Gasteiger charge is -2.19. The number of rotatable bonds is 18. The van der Waals surface area contributed by atoms with E-state index in [1.807, 2.05) is 60.7 Å². The van der Waals surface area contributed by atoms with Gasteiger partial charge in [-0.2, -0.15) is 0 Å². The molecule has 59 heavy (non-hydrogen) atoms. The molecular formula is C50H46O8S. The fraction of sp³-hybridized carbons (Fsp3) is 0.200. The van der Waals surface area contributed by atoms with Crippen molar-refractivity contribution in [2.45, 2.75) is 21.6 Å². The van der Waals surface area contributed by atoms with Gasteiger partial charge < -0.3 is 39.4 Å². The van der Waals surface area contributed by atoms with E-state index in [9.17, 15) is 20.4 Å². The molecule has 0 aromatic heterocycles. The van der Waals surface area contributed by atoms with Crippen LogP contribution in [-0.4, -0.2) is 73.3 Å². The smallest absolute Gasteiger partial charge is 0.135 e. The van der Waals surface area contributed by atoms with Crippen LogP contribution in [0.4, 0.5) is 0 Å². The Bertz CT molecular complexity index is 2240. The molecule has 0 fully saturated rings. The van der Waals surface area contributed by atoms with Gasteiger partial charge in [0, 0.05) is 32.8 Å². The summed E-state index contributed by atoms with van der Waals surface area (Å²) < 4.78 is 24.7. The van der Waals surface area contributed by atoms with Crippen LogP contribution in [0.15, 0.2) is 155 Å². The fourth-order valence-electron chi connectivity index (χ4n) is 8.17. The van der Waals surface area contributed by atoms with Gasteiger partial charge in [0.1, 0.15) is 49.4 Å². The summed E-state index contributed by atoms with van der Waals surface area (Å²) in [6.07, 6.45) is 0. The van der Waals surface area contributed by atoms with Crippen LogP contribution in [0, 0.1) is 0 Å². The first-order valence-corrected chi connectivity index (χ1v) is 20.6. The Labute approximate surface area is 348 Å². The van der Waals surface area contributed by atoms with Gasteiger partial charge in [0.05, 0.1) is 37.6 Å². The summed E-state index contributed by atoms with van der Waals surface area (Å²) in [5.74, 6) is 2.31. The highest BCUT2D eigenvalue weighted by Crippen LogP contribution is 2.55. The van der Waals surface area contributed by atoms with Gasteiger partial charge in [-0.1, -0.05) is 121 Å². The maximum absolute atomic E-state index is 9.78. The summed E-state index contributed by atoms with van der Waals surface area (Å²) in [5.41, 5.74) is 9.98. The molecule has 2 unspecified atom stereocenters. The van der Waals surface area contributed by atoms with Gasteiger partial charge in [-0.15, -0.1) is 0 Å². The zero-order chi connectivity index (χ0) is 40.6. The Balaban J connectivity index is 1.11. The van der Waals surface area contributed by atoms with E-state index in [4.69, 9.17) is 18.9 Å². The molecule has 0 aliphatic heterocycles. The molecule has 4 N–H and O–H groups in total. The van der Waals surface area contributed by atoms with Crippen molar-refractivity contribution in [2.75, 3.05) is 52.9 Å². The maximum atomic E-state index is 9.78. The summed E-state index contributed by atoms with van der Waals surface area (Å²) in [7, 11) is 0. The van der Waals surface area contributed by atoms with Crippen LogP contribution in [0.3, 0.4) is 0 Å². The standard InChI is InChI=1S/C50H46O8S/c51-25-29-55-41-15-7-13-39-43(45(33-9-3-1-4-10-33)49(47(39)41)57-31-27-53)35-17-21-37(22-18-35)59-38-23-19-36(20-24-38)44-40-14-8-16-42(56-30-26-52)48(40)50(58-32-28-54)46(44)34-11-5-2-6-12-34/h1-24,43-44,51-54H,25-32H2. The van der Waals surface area contributed by atoms with Crippen molar-refractivity contribution in [1.29, 1.82) is 0 Å². The number of fused-ring (bicyclic) bond motifs is 2. The van der Waals surface area contributed by atoms with Gasteiger partial charge in [0.25, 0.3) is 0 Å². The Kier molecular flexibility index (Phi) is 12.8. The highest BCUT2D eigenvalue weighted by Gasteiger charge is 2.38. The second-order valence-electron chi connectivity index (χ2n) is 14.1. The molecule has 6 aromatic carbocycles. The van der Waals surface area contributed by atoms with Crippen molar-refractivity contribution in [3.05, 3.63) is 190 Å². The van der Waals surface area contributed by atoms with Gasteiger partial charge >= 0.3 is 0 Å². The second-order valence-corrected chi connectivity index (χ2v) is 15.2. The molecule has 8 rings (SSSR count). The lowest BCUT2D eigenvalue weighted by atomic mass is 9.85. The average Bonchev–Trinajstić information content (AvgIpc) is 3.80. The van der Waals surface area contributed by atoms with Crippen LogP contribution in [-0.2, 0) is 9.47 Å². The van der Waals surface area contributed by atoms with E-state index in [2.05, 4.69) is 84.9 Å². The van der Waals surface area contributed by atoms with Gasteiger partial charge in [0.2, 0.25) is 0 Å². The van der Waals surface area contributed by atoms with E-state index >= 15 is 0 Å². The van der Waals surface area contributed by atoms with E-state index < -0.39 is 0 Å². The van der Waals surface area contributed by atoms with Crippen LogP contribution in [0.1, 0.15) is 56.3 Å². The first-order chi connectivity index (χ1) is 29.1. The van der Waals surface area contributed by atoms with Crippen molar-refractivity contribution < 1.29 is 39.4 Å². The number of hydrogen-bond acceptors (Lipinski definition) is 9. The number of benzene rings is 6. The minimum Gasteiger partial charge on any atom is -0.490 e. The van der Waals surface area contributed by atoms with E-state index in [1.165, 1.54) is 0 Å². The first kappa shape index (κ1) is 40.0. The molecule has 0 amide bonds. The third kappa shape index (κ3) is 8.26. The highest BCUT2D eigenvalue weighted by molar-refractivity contribution is 7.99. The van der Waals surface area contributed by atoms with Crippen molar-refractivity contribution in [3.8, 4) is 11.5 Å². The number of allylic oxidation sites excluding steroid dienone is 2. The van der Waals surface area contributed by atoms with E-state index in [1.54, 1.807) is 11.8 Å². The molecule has 0 spiro atoms.